The Hall–Kier alpha value is -1.52. The summed E-state index contributed by atoms with van der Waals surface area (Å²) in [5.41, 5.74) is 9.95. The maximum absolute atomic E-state index is 6.22. The summed E-state index contributed by atoms with van der Waals surface area (Å²) in [6.45, 7) is 3.82. The zero-order chi connectivity index (χ0) is 13.1. The van der Waals surface area contributed by atoms with E-state index in [1.807, 2.05) is 26.0 Å². The van der Waals surface area contributed by atoms with Crippen LogP contribution in [0.5, 0.6) is 0 Å². The Kier molecular flexibility index (Phi) is 3.89. The van der Waals surface area contributed by atoms with E-state index in [0.717, 1.165) is 22.5 Å². The average Bonchev–Trinajstić information content (AvgIpc) is 2.35. The molecule has 2 N–H and O–H groups in total. The van der Waals surface area contributed by atoms with Crippen molar-refractivity contribution in [2.24, 2.45) is 5.73 Å². The number of aromatic nitrogens is 3. The molecule has 0 saturated heterocycles. The first-order valence-corrected chi connectivity index (χ1v) is 6.10. The Morgan fingerprint density at radius 2 is 2.11 bits per heavy atom. The molecule has 0 aliphatic heterocycles. The van der Waals surface area contributed by atoms with Gasteiger partial charge >= 0.3 is 0 Å². The van der Waals surface area contributed by atoms with Crippen molar-refractivity contribution in [2.75, 3.05) is 0 Å². The normalized spacial score (nSPS) is 12.4. The molecular weight excluding hydrogens is 248 g/mol. The summed E-state index contributed by atoms with van der Waals surface area (Å²) in [6, 6.07) is 3.72. The first kappa shape index (κ1) is 12.9. The topological polar surface area (TPSA) is 64.7 Å². The van der Waals surface area contributed by atoms with Gasteiger partial charge in [0, 0.05) is 18.4 Å². The van der Waals surface area contributed by atoms with E-state index in [1.54, 1.807) is 12.4 Å². The van der Waals surface area contributed by atoms with Crippen LogP contribution in [0.1, 0.15) is 28.6 Å². The fraction of sp³-hybridized carbons (Fsp3) is 0.308. The first-order valence-electron chi connectivity index (χ1n) is 5.72. The predicted molar refractivity (Wildman–Crippen MR) is 71.4 cm³/mol. The van der Waals surface area contributed by atoms with E-state index in [-0.39, 0.29) is 6.04 Å². The van der Waals surface area contributed by atoms with Gasteiger partial charge in [-0.3, -0.25) is 4.98 Å². The van der Waals surface area contributed by atoms with E-state index >= 15 is 0 Å². The minimum Gasteiger partial charge on any atom is -0.324 e. The number of nitrogens with two attached hydrogens (primary N) is 1. The fourth-order valence-electron chi connectivity index (χ4n) is 1.86. The summed E-state index contributed by atoms with van der Waals surface area (Å²) in [5.74, 6) is 0. The van der Waals surface area contributed by atoms with Gasteiger partial charge in [0.15, 0.2) is 0 Å². The van der Waals surface area contributed by atoms with E-state index in [2.05, 4.69) is 15.2 Å². The lowest BCUT2D eigenvalue weighted by atomic mass is 9.99. The third-order valence-corrected chi connectivity index (χ3v) is 3.18. The molecule has 0 aliphatic rings. The quantitative estimate of drug-likeness (QED) is 0.922. The maximum Gasteiger partial charge on any atom is 0.0648 e. The van der Waals surface area contributed by atoms with Crippen LogP contribution in [-0.2, 0) is 6.42 Å². The highest BCUT2D eigenvalue weighted by molar-refractivity contribution is 6.31. The fourth-order valence-corrected chi connectivity index (χ4v) is 2.06. The van der Waals surface area contributed by atoms with Gasteiger partial charge < -0.3 is 5.73 Å². The molecule has 0 amide bonds. The number of hydrogen-bond donors (Lipinski definition) is 1. The molecule has 0 aromatic carbocycles. The molecular formula is C13H15ClN4. The summed E-state index contributed by atoms with van der Waals surface area (Å²) in [4.78, 5) is 3.96. The third-order valence-electron chi connectivity index (χ3n) is 2.84. The Bertz CT molecular complexity index is 556. The van der Waals surface area contributed by atoms with Gasteiger partial charge in [-0.05, 0) is 43.5 Å². The van der Waals surface area contributed by atoms with Crippen LogP contribution in [0.15, 0.2) is 24.5 Å². The van der Waals surface area contributed by atoms with Crippen molar-refractivity contribution in [1.82, 2.24) is 15.2 Å². The summed E-state index contributed by atoms with van der Waals surface area (Å²) >= 11 is 6.08. The van der Waals surface area contributed by atoms with E-state index < -0.39 is 0 Å². The molecule has 0 bridgehead atoms. The molecule has 0 aliphatic carbocycles. The minimum absolute atomic E-state index is 0.140. The number of hydrogen-bond acceptors (Lipinski definition) is 4. The van der Waals surface area contributed by atoms with Crippen molar-refractivity contribution < 1.29 is 0 Å². The summed E-state index contributed by atoms with van der Waals surface area (Å²) < 4.78 is 0. The number of nitrogens with zero attached hydrogens (tertiary/aromatic N) is 3. The third kappa shape index (κ3) is 2.83. The second-order valence-electron chi connectivity index (χ2n) is 4.30. The van der Waals surface area contributed by atoms with Gasteiger partial charge in [-0.15, -0.1) is 0 Å². The standard InChI is InChI=1S/C13H15ClN4/c1-8-5-11(9(2)18-17-8)13(15)6-10-3-4-16-7-12(10)14/h3-5,7,13H,6,15H2,1-2H3. The van der Waals surface area contributed by atoms with Crippen molar-refractivity contribution >= 4 is 11.6 Å². The van der Waals surface area contributed by atoms with E-state index in [1.165, 1.54) is 0 Å². The monoisotopic (exact) mass is 262 g/mol. The highest BCUT2D eigenvalue weighted by atomic mass is 35.5. The van der Waals surface area contributed by atoms with Crippen LogP contribution < -0.4 is 5.73 Å². The maximum atomic E-state index is 6.22. The van der Waals surface area contributed by atoms with Crippen molar-refractivity contribution in [2.45, 2.75) is 26.3 Å². The molecule has 18 heavy (non-hydrogen) atoms. The van der Waals surface area contributed by atoms with Crippen LogP contribution in [0.3, 0.4) is 0 Å². The van der Waals surface area contributed by atoms with Gasteiger partial charge in [0.25, 0.3) is 0 Å². The Morgan fingerprint density at radius 3 is 2.83 bits per heavy atom. The number of rotatable bonds is 3. The molecule has 94 valence electrons. The zero-order valence-electron chi connectivity index (χ0n) is 10.4. The van der Waals surface area contributed by atoms with Crippen LogP contribution in [0.25, 0.3) is 0 Å². The lowest BCUT2D eigenvalue weighted by Gasteiger charge is -2.15. The first-order chi connectivity index (χ1) is 8.58. The molecule has 1 atom stereocenters. The number of aryl methyl sites for hydroxylation is 2. The van der Waals surface area contributed by atoms with E-state index in [4.69, 9.17) is 17.3 Å². The number of pyridine rings is 1. The van der Waals surface area contributed by atoms with Crippen LogP contribution in [0.4, 0.5) is 0 Å². The van der Waals surface area contributed by atoms with Gasteiger partial charge in [0.1, 0.15) is 0 Å². The van der Waals surface area contributed by atoms with Crippen LogP contribution >= 0.6 is 11.6 Å². The van der Waals surface area contributed by atoms with Crippen molar-refractivity contribution in [3.8, 4) is 0 Å². The van der Waals surface area contributed by atoms with Gasteiger partial charge in [0.05, 0.1) is 16.4 Å². The Morgan fingerprint density at radius 1 is 1.33 bits per heavy atom. The Labute approximate surface area is 111 Å². The van der Waals surface area contributed by atoms with Crippen molar-refractivity contribution in [3.63, 3.8) is 0 Å². The second-order valence-corrected chi connectivity index (χ2v) is 4.71. The van der Waals surface area contributed by atoms with Crippen molar-refractivity contribution in [1.29, 1.82) is 0 Å². The molecule has 2 aromatic heterocycles. The van der Waals surface area contributed by atoms with E-state index in [0.29, 0.717) is 11.4 Å². The largest absolute Gasteiger partial charge is 0.324 e. The predicted octanol–water partition coefficient (Wildman–Crippen LogP) is 2.38. The molecule has 1 unspecified atom stereocenters. The van der Waals surface area contributed by atoms with Gasteiger partial charge in [-0.25, -0.2) is 0 Å². The van der Waals surface area contributed by atoms with E-state index in [9.17, 15) is 0 Å². The molecule has 4 nitrogen and oxygen atoms in total. The molecule has 2 rings (SSSR count). The summed E-state index contributed by atoms with van der Waals surface area (Å²) in [7, 11) is 0. The lowest BCUT2D eigenvalue weighted by molar-refractivity contribution is 0.700. The SMILES string of the molecule is Cc1cc(C(N)Cc2ccncc2Cl)c(C)nn1. The zero-order valence-corrected chi connectivity index (χ0v) is 11.1. The number of halogens is 1. The summed E-state index contributed by atoms with van der Waals surface area (Å²) in [6.07, 6.45) is 4.01. The highest BCUT2D eigenvalue weighted by Crippen LogP contribution is 2.22. The summed E-state index contributed by atoms with van der Waals surface area (Å²) in [5, 5.41) is 8.74. The van der Waals surface area contributed by atoms with Crippen molar-refractivity contribution in [3.05, 3.63) is 52.1 Å². The lowest BCUT2D eigenvalue weighted by Crippen LogP contribution is -2.16. The molecule has 0 fully saturated rings. The van der Waals surface area contributed by atoms with Gasteiger partial charge in [-0.1, -0.05) is 11.6 Å². The molecule has 0 spiro atoms. The highest BCUT2D eigenvalue weighted by Gasteiger charge is 2.13. The Balaban J connectivity index is 2.25. The van der Waals surface area contributed by atoms with Crippen LogP contribution in [0, 0.1) is 13.8 Å². The average molecular weight is 263 g/mol. The minimum atomic E-state index is -0.140. The van der Waals surface area contributed by atoms with Gasteiger partial charge in [0.2, 0.25) is 0 Å². The molecule has 5 heteroatoms. The van der Waals surface area contributed by atoms with Gasteiger partial charge in [-0.2, -0.15) is 10.2 Å². The molecule has 0 saturated carbocycles. The smallest absolute Gasteiger partial charge is 0.0648 e. The molecule has 0 radical (unpaired) electrons. The molecule has 2 heterocycles. The van der Waals surface area contributed by atoms with Crippen LogP contribution in [0.2, 0.25) is 5.02 Å². The van der Waals surface area contributed by atoms with Crippen LogP contribution in [-0.4, -0.2) is 15.2 Å². The molecule has 2 aromatic rings. The second kappa shape index (κ2) is 5.42.